The lowest BCUT2D eigenvalue weighted by Crippen LogP contribution is -2.40. The Bertz CT molecular complexity index is 441. The van der Waals surface area contributed by atoms with Crippen molar-refractivity contribution in [1.82, 2.24) is 4.90 Å². The molecule has 1 aromatic carbocycles. The van der Waals surface area contributed by atoms with Crippen molar-refractivity contribution in [2.45, 2.75) is 32.7 Å². The summed E-state index contributed by atoms with van der Waals surface area (Å²) in [6.45, 7) is 5.23. The van der Waals surface area contributed by atoms with Crippen LogP contribution in [-0.2, 0) is 4.79 Å². The molecule has 1 amide bonds. The molecule has 1 aliphatic heterocycles. The number of hydrogen-bond donors (Lipinski definition) is 0. The van der Waals surface area contributed by atoms with E-state index in [0.717, 1.165) is 13.0 Å². The van der Waals surface area contributed by atoms with Crippen LogP contribution < -0.4 is 0 Å². The van der Waals surface area contributed by atoms with Crippen molar-refractivity contribution in [3.8, 4) is 0 Å². The molecule has 0 spiro atoms. The van der Waals surface area contributed by atoms with E-state index in [-0.39, 0.29) is 11.5 Å². The van der Waals surface area contributed by atoms with E-state index in [1.165, 1.54) is 12.0 Å². The van der Waals surface area contributed by atoms with Gasteiger partial charge in [0.05, 0.1) is 11.5 Å². The highest BCUT2D eigenvalue weighted by molar-refractivity contribution is 5.86. The second kappa shape index (κ2) is 3.59. The number of rotatable bonds is 2. The van der Waals surface area contributed by atoms with Crippen molar-refractivity contribution < 1.29 is 4.79 Å². The smallest absolute Gasteiger partial charge is 0.229 e. The molecule has 90 valence electrons. The van der Waals surface area contributed by atoms with Gasteiger partial charge in [-0.15, -0.1) is 0 Å². The Hall–Kier alpha value is -1.31. The van der Waals surface area contributed by atoms with Gasteiger partial charge in [-0.2, -0.15) is 0 Å². The van der Waals surface area contributed by atoms with Crippen LogP contribution in [-0.4, -0.2) is 17.4 Å². The van der Waals surface area contributed by atoms with Crippen LogP contribution in [0.4, 0.5) is 0 Å². The van der Waals surface area contributed by atoms with Gasteiger partial charge >= 0.3 is 0 Å². The minimum atomic E-state index is -0.0387. The molecular formula is C15H19NO. The largest absolute Gasteiger partial charge is 0.335 e. The summed E-state index contributed by atoms with van der Waals surface area (Å²) in [5.74, 6) is 0.964. The Balaban J connectivity index is 1.85. The Morgan fingerprint density at radius 3 is 2.53 bits per heavy atom. The lowest BCUT2D eigenvalue weighted by atomic mass is 9.63. The molecule has 0 bridgehead atoms. The normalized spacial score (nSPS) is 33.2. The predicted molar refractivity (Wildman–Crippen MR) is 67.4 cm³/mol. The first kappa shape index (κ1) is 10.8. The average Bonchev–Trinajstić information content (AvgIpc) is 2.52. The van der Waals surface area contributed by atoms with Crippen LogP contribution in [0.5, 0.6) is 0 Å². The first-order chi connectivity index (χ1) is 8.13. The first-order valence-electron chi connectivity index (χ1n) is 6.49. The lowest BCUT2D eigenvalue weighted by molar-refractivity contribution is -0.140. The van der Waals surface area contributed by atoms with Gasteiger partial charge in [0.25, 0.3) is 0 Å². The maximum atomic E-state index is 12.4. The molecule has 17 heavy (non-hydrogen) atoms. The van der Waals surface area contributed by atoms with Crippen LogP contribution in [0.2, 0.25) is 0 Å². The topological polar surface area (TPSA) is 20.3 Å². The summed E-state index contributed by atoms with van der Waals surface area (Å²) >= 11 is 0. The Morgan fingerprint density at radius 2 is 2.06 bits per heavy atom. The molecule has 1 saturated carbocycles. The predicted octanol–water partition coefficient (Wildman–Crippen LogP) is 3.01. The van der Waals surface area contributed by atoms with Gasteiger partial charge in [-0.05, 0) is 31.2 Å². The number of nitrogens with zero attached hydrogens (tertiary/aromatic N) is 1. The first-order valence-corrected chi connectivity index (χ1v) is 6.49. The van der Waals surface area contributed by atoms with E-state index < -0.39 is 0 Å². The number of amides is 1. The quantitative estimate of drug-likeness (QED) is 0.763. The molecule has 0 N–H and O–H groups in total. The third-order valence-corrected chi connectivity index (χ3v) is 4.83. The van der Waals surface area contributed by atoms with Gasteiger partial charge in [0.15, 0.2) is 0 Å². The second-order valence-electron chi connectivity index (χ2n) is 5.70. The van der Waals surface area contributed by atoms with Crippen molar-refractivity contribution in [2.24, 2.45) is 11.3 Å². The van der Waals surface area contributed by atoms with Crippen molar-refractivity contribution >= 4 is 5.91 Å². The fraction of sp³-hybridized carbons (Fsp3) is 0.533. The molecule has 0 radical (unpaired) electrons. The molecule has 1 heterocycles. The number of fused-ring (bicyclic) bond motifs is 1. The van der Waals surface area contributed by atoms with Crippen molar-refractivity contribution in [3.05, 3.63) is 35.9 Å². The maximum absolute atomic E-state index is 12.4. The zero-order chi connectivity index (χ0) is 12.0. The molecule has 1 aliphatic carbocycles. The van der Waals surface area contributed by atoms with Crippen molar-refractivity contribution in [1.29, 1.82) is 0 Å². The zero-order valence-corrected chi connectivity index (χ0v) is 10.5. The van der Waals surface area contributed by atoms with Crippen molar-refractivity contribution in [3.63, 3.8) is 0 Å². The van der Waals surface area contributed by atoms with Gasteiger partial charge in [-0.25, -0.2) is 0 Å². The summed E-state index contributed by atoms with van der Waals surface area (Å²) in [5, 5.41) is 0. The van der Waals surface area contributed by atoms with Gasteiger partial charge < -0.3 is 4.90 Å². The molecule has 2 nitrogen and oxygen atoms in total. The van der Waals surface area contributed by atoms with E-state index in [9.17, 15) is 4.79 Å². The minimum Gasteiger partial charge on any atom is -0.335 e. The minimum absolute atomic E-state index is 0.0387. The summed E-state index contributed by atoms with van der Waals surface area (Å²) < 4.78 is 0. The standard InChI is InChI=1S/C15H19NO/c1-11(12-6-4-3-5-7-12)16-10-13-8-9-15(13,2)14(16)17/h3-7,11,13H,8-10H2,1-2H3/t11-,13-,15+/m1/s1. The molecule has 2 aliphatic rings. The summed E-state index contributed by atoms with van der Waals surface area (Å²) in [7, 11) is 0. The molecule has 2 heteroatoms. The number of likely N-dealkylation sites (tertiary alicyclic amines) is 1. The summed E-state index contributed by atoms with van der Waals surface area (Å²) in [6.07, 6.45) is 2.30. The fourth-order valence-corrected chi connectivity index (χ4v) is 3.25. The highest BCUT2D eigenvalue weighted by Gasteiger charge is 2.56. The number of hydrogen-bond acceptors (Lipinski definition) is 1. The maximum Gasteiger partial charge on any atom is 0.229 e. The van der Waals surface area contributed by atoms with E-state index >= 15 is 0 Å². The van der Waals surface area contributed by atoms with Crippen LogP contribution in [0.15, 0.2) is 30.3 Å². The SMILES string of the molecule is C[C@H](c1ccccc1)N1C[C@H]2CC[C@]2(C)C1=O. The van der Waals surface area contributed by atoms with E-state index in [1.807, 2.05) is 18.2 Å². The molecule has 0 unspecified atom stereocenters. The Kier molecular flexibility index (Phi) is 2.29. The molecule has 3 rings (SSSR count). The molecule has 1 aromatic rings. The molecule has 1 saturated heterocycles. The third-order valence-electron chi connectivity index (χ3n) is 4.83. The second-order valence-corrected chi connectivity index (χ2v) is 5.70. The van der Waals surface area contributed by atoms with Crippen LogP contribution in [0.1, 0.15) is 38.3 Å². The number of carbonyl (C=O) groups is 1. The third kappa shape index (κ3) is 1.43. The van der Waals surface area contributed by atoms with Crippen LogP contribution in [0.3, 0.4) is 0 Å². The number of benzene rings is 1. The van der Waals surface area contributed by atoms with Crippen LogP contribution in [0, 0.1) is 11.3 Å². The Labute approximate surface area is 103 Å². The van der Waals surface area contributed by atoms with E-state index in [4.69, 9.17) is 0 Å². The van der Waals surface area contributed by atoms with E-state index in [0.29, 0.717) is 11.8 Å². The molecular weight excluding hydrogens is 210 g/mol. The molecule has 3 atom stereocenters. The zero-order valence-electron chi connectivity index (χ0n) is 10.5. The highest BCUT2D eigenvalue weighted by Crippen LogP contribution is 2.53. The fourth-order valence-electron chi connectivity index (χ4n) is 3.25. The van der Waals surface area contributed by atoms with E-state index in [1.54, 1.807) is 0 Å². The molecule has 2 fully saturated rings. The van der Waals surface area contributed by atoms with Crippen molar-refractivity contribution in [2.75, 3.05) is 6.54 Å². The van der Waals surface area contributed by atoms with Gasteiger partial charge in [-0.3, -0.25) is 4.79 Å². The average molecular weight is 229 g/mol. The summed E-state index contributed by atoms with van der Waals surface area (Å²) in [5.41, 5.74) is 1.20. The van der Waals surface area contributed by atoms with Crippen LogP contribution in [0.25, 0.3) is 0 Å². The van der Waals surface area contributed by atoms with Gasteiger partial charge in [-0.1, -0.05) is 37.3 Å². The van der Waals surface area contributed by atoms with Crippen LogP contribution >= 0.6 is 0 Å². The monoisotopic (exact) mass is 229 g/mol. The van der Waals surface area contributed by atoms with E-state index in [2.05, 4.69) is 30.9 Å². The highest BCUT2D eigenvalue weighted by atomic mass is 16.2. The number of carbonyl (C=O) groups excluding carboxylic acids is 1. The van der Waals surface area contributed by atoms with Gasteiger partial charge in [0.2, 0.25) is 5.91 Å². The van der Waals surface area contributed by atoms with Gasteiger partial charge in [0, 0.05) is 6.54 Å². The lowest BCUT2D eigenvalue weighted by Gasteiger charge is -2.38. The molecule has 0 aromatic heterocycles. The summed E-state index contributed by atoms with van der Waals surface area (Å²) in [6, 6.07) is 10.5. The Morgan fingerprint density at radius 1 is 1.35 bits per heavy atom. The van der Waals surface area contributed by atoms with Gasteiger partial charge in [0.1, 0.15) is 0 Å². The summed E-state index contributed by atoms with van der Waals surface area (Å²) in [4.78, 5) is 14.5.